The normalized spacial score (nSPS) is 15.8. The Morgan fingerprint density at radius 1 is 1.16 bits per heavy atom. The van der Waals surface area contributed by atoms with Crippen molar-refractivity contribution in [2.24, 2.45) is 0 Å². The average molecular weight is 452 g/mol. The maximum absolute atomic E-state index is 12.7. The van der Waals surface area contributed by atoms with Gasteiger partial charge >= 0.3 is 0 Å². The molecule has 0 unspecified atom stereocenters. The maximum Gasteiger partial charge on any atom is 0.255 e. The van der Waals surface area contributed by atoms with E-state index in [-0.39, 0.29) is 5.91 Å². The van der Waals surface area contributed by atoms with Crippen molar-refractivity contribution in [1.82, 2.24) is 19.4 Å². The lowest BCUT2D eigenvalue weighted by molar-refractivity contribution is 0.0632. The van der Waals surface area contributed by atoms with Gasteiger partial charge < -0.3 is 9.47 Å². The molecule has 0 atom stereocenters. The number of amides is 1. The second-order valence-corrected chi connectivity index (χ2v) is 7.91. The molecular weight excluding hydrogens is 427 g/mol. The molecule has 1 fully saturated rings. The molecule has 0 saturated carbocycles. The summed E-state index contributed by atoms with van der Waals surface area (Å²) >= 11 is 2.24. The van der Waals surface area contributed by atoms with Gasteiger partial charge in [-0.1, -0.05) is 26.0 Å². The van der Waals surface area contributed by atoms with Gasteiger partial charge in [0.15, 0.2) is 0 Å². The van der Waals surface area contributed by atoms with Gasteiger partial charge in [-0.05, 0) is 34.7 Å². The highest BCUT2D eigenvalue weighted by Crippen LogP contribution is 2.16. The number of carbonyl (C=O) groups excluding carboxylic acids is 1. The number of imidazole rings is 1. The third kappa shape index (κ3) is 4.41. The van der Waals surface area contributed by atoms with Gasteiger partial charge in [0.25, 0.3) is 5.91 Å². The molecule has 1 aliphatic heterocycles. The molecule has 1 amide bonds. The zero-order valence-electron chi connectivity index (χ0n) is 14.9. The number of hydrogen-bond acceptors (Lipinski definition) is 3. The van der Waals surface area contributed by atoms with Crippen LogP contribution in [-0.2, 0) is 6.54 Å². The number of hydrogen-bond donors (Lipinski definition) is 0. The molecule has 25 heavy (non-hydrogen) atoms. The zero-order chi connectivity index (χ0) is 17.8. The van der Waals surface area contributed by atoms with Gasteiger partial charge in [0, 0.05) is 61.2 Å². The van der Waals surface area contributed by atoms with Crippen molar-refractivity contribution in [3.8, 4) is 0 Å². The minimum absolute atomic E-state index is 0.154. The number of carbonyl (C=O) groups is 1. The van der Waals surface area contributed by atoms with Gasteiger partial charge in [-0.2, -0.15) is 0 Å². The van der Waals surface area contributed by atoms with Gasteiger partial charge in [-0.15, -0.1) is 0 Å². The first-order valence-corrected chi connectivity index (χ1v) is 9.91. The summed E-state index contributed by atoms with van der Waals surface area (Å²) in [6, 6.07) is 7.81. The fraction of sp³-hybridized carbons (Fsp3) is 0.474. The lowest BCUT2D eigenvalue weighted by atomic mass is 10.2. The molecule has 3 rings (SSSR count). The van der Waals surface area contributed by atoms with Crippen LogP contribution in [0.25, 0.3) is 0 Å². The topological polar surface area (TPSA) is 41.4 Å². The molecule has 134 valence electrons. The van der Waals surface area contributed by atoms with Crippen LogP contribution in [0.15, 0.2) is 36.7 Å². The SMILES string of the molecule is CC(C)c1nccn1CCN1CCN(C(=O)c2ccccc2I)CC1. The van der Waals surface area contributed by atoms with E-state index in [1.165, 1.54) is 0 Å². The van der Waals surface area contributed by atoms with E-state index in [0.717, 1.165) is 54.2 Å². The van der Waals surface area contributed by atoms with E-state index < -0.39 is 0 Å². The number of rotatable bonds is 5. The van der Waals surface area contributed by atoms with E-state index in [0.29, 0.717) is 5.92 Å². The van der Waals surface area contributed by atoms with Crippen molar-refractivity contribution < 1.29 is 4.79 Å². The molecular formula is C19H25IN4O. The van der Waals surface area contributed by atoms with Crippen LogP contribution in [0.2, 0.25) is 0 Å². The second kappa shape index (κ2) is 8.31. The standard InChI is InChI=1S/C19H25IN4O/c1-15(2)18-21-7-8-23(18)12-9-22-10-13-24(14-11-22)19(25)16-5-3-4-6-17(16)20/h3-8,15H,9-14H2,1-2H3. The first-order valence-electron chi connectivity index (χ1n) is 8.83. The van der Waals surface area contributed by atoms with Crippen molar-refractivity contribution in [3.05, 3.63) is 51.6 Å². The summed E-state index contributed by atoms with van der Waals surface area (Å²) in [4.78, 5) is 21.5. The van der Waals surface area contributed by atoms with Crippen LogP contribution >= 0.6 is 22.6 Å². The molecule has 0 aliphatic carbocycles. The zero-order valence-corrected chi connectivity index (χ0v) is 17.0. The molecule has 2 heterocycles. The third-order valence-electron chi connectivity index (χ3n) is 4.68. The number of halogens is 1. The van der Waals surface area contributed by atoms with Crippen LogP contribution in [0, 0.1) is 3.57 Å². The molecule has 1 aromatic carbocycles. The molecule has 6 heteroatoms. The molecule has 0 bridgehead atoms. The van der Waals surface area contributed by atoms with E-state index in [9.17, 15) is 4.79 Å². The van der Waals surface area contributed by atoms with E-state index in [4.69, 9.17) is 0 Å². The lowest BCUT2D eigenvalue weighted by Crippen LogP contribution is -2.49. The average Bonchev–Trinajstić information content (AvgIpc) is 3.09. The molecule has 1 saturated heterocycles. The van der Waals surface area contributed by atoms with Crippen LogP contribution < -0.4 is 0 Å². The molecule has 0 N–H and O–H groups in total. The first-order chi connectivity index (χ1) is 12.1. The monoisotopic (exact) mass is 452 g/mol. The number of benzene rings is 1. The summed E-state index contributed by atoms with van der Waals surface area (Å²) in [7, 11) is 0. The van der Waals surface area contributed by atoms with Crippen LogP contribution in [-0.4, -0.2) is 58.0 Å². The highest BCUT2D eigenvalue weighted by Gasteiger charge is 2.23. The van der Waals surface area contributed by atoms with Crippen molar-refractivity contribution in [2.75, 3.05) is 32.7 Å². The minimum Gasteiger partial charge on any atom is -0.336 e. The van der Waals surface area contributed by atoms with Gasteiger partial charge in [0.05, 0.1) is 5.56 Å². The number of aromatic nitrogens is 2. The Bertz CT molecular complexity index is 720. The summed E-state index contributed by atoms with van der Waals surface area (Å²) in [6.45, 7) is 9.76. The lowest BCUT2D eigenvalue weighted by Gasteiger charge is -2.35. The molecule has 0 radical (unpaired) electrons. The maximum atomic E-state index is 12.7. The molecule has 1 aromatic heterocycles. The molecule has 1 aliphatic rings. The summed E-state index contributed by atoms with van der Waals surface area (Å²) < 4.78 is 3.27. The van der Waals surface area contributed by atoms with E-state index in [1.807, 2.05) is 35.4 Å². The summed E-state index contributed by atoms with van der Waals surface area (Å²) in [5, 5.41) is 0. The summed E-state index contributed by atoms with van der Waals surface area (Å²) in [5.41, 5.74) is 0.816. The largest absolute Gasteiger partial charge is 0.336 e. The van der Waals surface area contributed by atoms with Crippen LogP contribution in [0.4, 0.5) is 0 Å². The van der Waals surface area contributed by atoms with Crippen molar-refractivity contribution in [2.45, 2.75) is 26.3 Å². The Morgan fingerprint density at radius 2 is 1.88 bits per heavy atom. The smallest absolute Gasteiger partial charge is 0.255 e. The molecule has 0 spiro atoms. The van der Waals surface area contributed by atoms with Gasteiger partial charge in [-0.3, -0.25) is 9.69 Å². The molecule has 5 nitrogen and oxygen atoms in total. The Morgan fingerprint density at radius 3 is 2.56 bits per heavy atom. The van der Waals surface area contributed by atoms with Crippen LogP contribution in [0.1, 0.15) is 35.9 Å². The first kappa shape index (κ1) is 18.4. The van der Waals surface area contributed by atoms with E-state index >= 15 is 0 Å². The van der Waals surface area contributed by atoms with E-state index in [1.54, 1.807) is 0 Å². The fourth-order valence-corrected chi connectivity index (χ4v) is 3.86. The van der Waals surface area contributed by atoms with Crippen LogP contribution in [0.5, 0.6) is 0 Å². The van der Waals surface area contributed by atoms with Gasteiger partial charge in [0.1, 0.15) is 5.82 Å². The van der Waals surface area contributed by atoms with Gasteiger partial charge in [0.2, 0.25) is 0 Å². The Labute approximate surface area is 163 Å². The Kier molecular flexibility index (Phi) is 6.11. The van der Waals surface area contributed by atoms with E-state index in [2.05, 4.69) is 57.1 Å². The van der Waals surface area contributed by atoms with Crippen molar-refractivity contribution in [3.63, 3.8) is 0 Å². The summed E-state index contributed by atoms with van der Waals surface area (Å²) in [5.74, 6) is 1.74. The number of piperazine rings is 1. The van der Waals surface area contributed by atoms with Crippen molar-refractivity contribution in [1.29, 1.82) is 0 Å². The quantitative estimate of drug-likeness (QED) is 0.655. The molecule has 2 aromatic rings. The Hall–Kier alpha value is -1.41. The van der Waals surface area contributed by atoms with Gasteiger partial charge in [-0.25, -0.2) is 4.98 Å². The predicted molar refractivity (Wildman–Crippen MR) is 108 cm³/mol. The summed E-state index contributed by atoms with van der Waals surface area (Å²) in [6.07, 6.45) is 3.94. The minimum atomic E-state index is 0.154. The van der Waals surface area contributed by atoms with Crippen LogP contribution in [0.3, 0.4) is 0 Å². The Balaban J connectivity index is 1.51. The third-order valence-corrected chi connectivity index (χ3v) is 5.63. The number of nitrogens with zero attached hydrogens (tertiary/aromatic N) is 4. The predicted octanol–water partition coefficient (Wildman–Crippen LogP) is 3.07. The highest BCUT2D eigenvalue weighted by molar-refractivity contribution is 14.1. The fourth-order valence-electron chi connectivity index (χ4n) is 3.24. The van der Waals surface area contributed by atoms with Crippen molar-refractivity contribution >= 4 is 28.5 Å². The highest BCUT2D eigenvalue weighted by atomic mass is 127. The second-order valence-electron chi connectivity index (χ2n) is 6.75.